The van der Waals surface area contributed by atoms with E-state index in [4.69, 9.17) is 19.9 Å². The molecule has 0 saturated carbocycles. The molecule has 2 aromatic rings. The van der Waals surface area contributed by atoms with Gasteiger partial charge in [-0.3, -0.25) is 14.6 Å². The van der Waals surface area contributed by atoms with Gasteiger partial charge in [0.2, 0.25) is 5.91 Å². The minimum atomic E-state index is -0.498. The van der Waals surface area contributed by atoms with Crippen LogP contribution in [0.15, 0.2) is 48.5 Å². The zero-order chi connectivity index (χ0) is 21.8. The van der Waals surface area contributed by atoms with E-state index in [-0.39, 0.29) is 24.7 Å². The Bertz CT molecular complexity index is 883. The number of piperazine rings is 1. The normalized spacial score (nSPS) is 21.3. The first-order valence-corrected chi connectivity index (χ1v) is 10.5. The number of carbonyl (C=O) groups is 1. The van der Waals surface area contributed by atoms with E-state index in [9.17, 15) is 9.90 Å². The van der Waals surface area contributed by atoms with Gasteiger partial charge in [0.05, 0.1) is 19.8 Å². The van der Waals surface area contributed by atoms with Crippen LogP contribution in [0.4, 0.5) is 0 Å². The molecular weight excluding hydrogens is 398 g/mol. The molecule has 1 amide bonds. The number of carbonyl (C=O) groups excluding carboxylic acids is 1. The number of fused-ring (bicyclic) bond motifs is 1. The first kappa shape index (κ1) is 21.4. The molecule has 31 heavy (non-hydrogen) atoms. The quantitative estimate of drug-likeness (QED) is 0.681. The third-order valence-corrected chi connectivity index (χ3v) is 6.03. The summed E-state index contributed by atoms with van der Waals surface area (Å²) >= 11 is 0. The van der Waals surface area contributed by atoms with Crippen molar-refractivity contribution in [3.8, 4) is 17.2 Å². The molecule has 3 unspecified atom stereocenters. The van der Waals surface area contributed by atoms with Crippen LogP contribution in [-0.2, 0) is 4.79 Å². The third-order valence-electron chi connectivity index (χ3n) is 6.03. The van der Waals surface area contributed by atoms with Crippen LogP contribution in [0.25, 0.3) is 0 Å². The minimum Gasteiger partial charge on any atom is -0.497 e. The number of rotatable bonds is 7. The number of aliphatic hydroxyl groups is 1. The second-order valence-corrected chi connectivity index (χ2v) is 7.81. The Balaban J connectivity index is 1.41. The van der Waals surface area contributed by atoms with E-state index in [1.807, 2.05) is 48.5 Å². The molecule has 3 N–H and O–H groups in total. The van der Waals surface area contributed by atoms with Crippen LogP contribution < -0.4 is 19.9 Å². The molecule has 2 heterocycles. The minimum absolute atomic E-state index is 0.0338. The first-order chi connectivity index (χ1) is 15.1. The molecule has 2 aliphatic rings. The number of amides is 1. The van der Waals surface area contributed by atoms with Crippen LogP contribution in [0.5, 0.6) is 17.2 Å². The zero-order valence-corrected chi connectivity index (χ0v) is 17.6. The summed E-state index contributed by atoms with van der Waals surface area (Å²) in [7, 11) is 1.61. The van der Waals surface area contributed by atoms with Crippen molar-refractivity contribution in [2.24, 2.45) is 5.73 Å². The molecular formula is C23H29N3O5. The van der Waals surface area contributed by atoms with Crippen LogP contribution in [0, 0.1) is 0 Å². The molecule has 1 saturated heterocycles. The van der Waals surface area contributed by atoms with Gasteiger partial charge in [-0.25, -0.2) is 0 Å². The van der Waals surface area contributed by atoms with E-state index in [0.717, 1.165) is 17.1 Å². The lowest BCUT2D eigenvalue weighted by Crippen LogP contribution is -2.58. The first-order valence-electron chi connectivity index (χ1n) is 10.5. The third kappa shape index (κ3) is 4.61. The molecule has 0 bridgehead atoms. The molecule has 0 aromatic heterocycles. The van der Waals surface area contributed by atoms with E-state index in [0.29, 0.717) is 38.5 Å². The zero-order valence-electron chi connectivity index (χ0n) is 17.6. The number of nitrogens with two attached hydrogens (primary N) is 1. The van der Waals surface area contributed by atoms with E-state index in [2.05, 4.69) is 9.80 Å². The monoisotopic (exact) mass is 427 g/mol. The Morgan fingerprint density at radius 2 is 1.74 bits per heavy atom. The highest BCUT2D eigenvalue weighted by molar-refractivity contribution is 5.81. The van der Waals surface area contributed by atoms with Crippen molar-refractivity contribution in [1.29, 1.82) is 0 Å². The Labute approximate surface area is 182 Å². The molecule has 2 aliphatic heterocycles. The Hall–Kier alpha value is -2.81. The maximum atomic E-state index is 12.2. The number of benzene rings is 2. The molecule has 8 heteroatoms. The average Bonchev–Trinajstić information content (AvgIpc) is 2.81. The van der Waals surface area contributed by atoms with Gasteiger partial charge in [0.25, 0.3) is 0 Å². The topological polar surface area (TPSA) is 97.5 Å². The molecule has 4 rings (SSSR count). The maximum absolute atomic E-state index is 12.2. The standard InChI is InChI=1S/C23H29N3O5/c1-29-17-8-6-16(7-9-17)22(23(24)28)26-12-10-25(11-13-26)18(14-27)21-15-30-19-4-2-3-5-20(19)31-21/h2-9,18,21-22,27H,10-15H2,1H3,(H2,24,28). The summed E-state index contributed by atoms with van der Waals surface area (Å²) in [5.41, 5.74) is 6.60. The lowest BCUT2D eigenvalue weighted by Gasteiger charge is -2.43. The number of hydrogen-bond acceptors (Lipinski definition) is 7. The Morgan fingerprint density at radius 3 is 2.35 bits per heavy atom. The Kier molecular flexibility index (Phi) is 6.60. The van der Waals surface area contributed by atoms with Gasteiger partial charge in [0.15, 0.2) is 17.6 Å². The number of primary amides is 1. The lowest BCUT2D eigenvalue weighted by atomic mass is 10.0. The van der Waals surface area contributed by atoms with Crippen molar-refractivity contribution in [3.63, 3.8) is 0 Å². The number of methoxy groups -OCH3 is 1. The maximum Gasteiger partial charge on any atom is 0.239 e. The average molecular weight is 428 g/mol. The highest BCUT2D eigenvalue weighted by Gasteiger charge is 2.36. The SMILES string of the molecule is COc1ccc(C(C(N)=O)N2CCN(C(CO)C3COc4ccccc4O3)CC2)cc1. The van der Waals surface area contributed by atoms with Crippen LogP contribution in [-0.4, -0.2) is 79.5 Å². The number of nitrogens with zero attached hydrogens (tertiary/aromatic N) is 2. The summed E-state index contributed by atoms with van der Waals surface area (Å²) < 4.78 is 17.2. The second kappa shape index (κ2) is 9.55. The molecule has 166 valence electrons. The second-order valence-electron chi connectivity index (χ2n) is 7.81. The summed E-state index contributed by atoms with van der Waals surface area (Å²) in [5, 5.41) is 10.1. The summed E-state index contributed by atoms with van der Waals surface area (Å²) in [6.07, 6.45) is -0.264. The van der Waals surface area contributed by atoms with Gasteiger partial charge in [-0.2, -0.15) is 0 Å². The largest absolute Gasteiger partial charge is 0.497 e. The summed E-state index contributed by atoms with van der Waals surface area (Å²) in [5.74, 6) is 1.78. The van der Waals surface area contributed by atoms with Gasteiger partial charge < -0.3 is 25.1 Å². The van der Waals surface area contributed by atoms with E-state index >= 15 is 0 Å². The van der Waals surface area contributed by atoms with Gasteiger partial charge in [0.1, 0.15) is 18.4 Å². The molecule has 8 nitrogen and oxygen atoms in total. The molecule has 0 aliphatic carbocycles. The fraction of sp³-hybridized carbons (Fsp3) is 0.435. The van der Waals surface area contributed by atoms with Crippen molar-refractivity contribution in [3.05, 3.63) is 54.1 Å². The van der Waals surface area contributed by atoms with E-state index in [1.54, 1.807) is 7.11 Å². The van der Waals surface area contributed by atoms with Gasteiger partial charge in [-0.1, -0.05) is 24.3 Å². The Morgan fingerprint density at radius 1 is 1.10 bits per heavy atom. The number of hydrogen-bond donors (Lipinski definition) is 2. The lowest BCUT2D eigenvalue weighted by molar-refractivity contribution is -0.124. The highest BCUT2D eigenvalue weighted by atomic mass is 16.6. The molecule has 0 radical (unpaired) electrons. The van der Waals surface area contributed by atoms with Crippen molar-refractivity contribution in [1.82, 2.24) is 9.80 Å². The predicted molar refractivity (Wildman–Crippen MR) is 115 cm³/mol. The smallest absolute Gasteiger partial charge is 0.239 e. The summed E-state index contributed by atoms with van der Waals surface area (Å²) in [6.45, 7) is 3.03. The van der Waals surface area contributed by atoms with Crippen molar-refractivity contribution < 1.29 is 24.1 Å². The molecule has 3 atom stereocenters. The summed E-state index contributed by atoms with van der Waals surface area (Å²) in [6, 6.07) is 14.3. The van der Waals surface area contributed by atoms with Crippen LogP contribution in [0.2, 0.25) is 0 Å². The van der Waals surface area contributed by atoms with Crippen LogP contribution >= 0.6 is 0 Å². The van der Waals surface area contributed by atoms with Crippen LogP contribution in [0.3, 0.4) is 0 Å². The van der Waals surface area contributed by atoms with Crippen molar-refractivity contribution >= 4 is 5.91 Å². The van der Waals surface area contributed by atoms with Crippen molar-refractivity contribution in [2.75, 3.05) is 46.5 Å². The fourth-order valence-electron chi connectivity index (χ4n) is 4.36. The van der Waals surface area contributed by atoms with Crippen LogP contribution in [0.1, 0.15) is 11.6 Å². The van der Waals surface area contributed by atoms with Gasteiger partial charge in [-0.15, -0.1) is 0 Å². The van der Waals surface area contributed by atoms with Gasteiger partial charge in [0, 0.05) is 26.2 Å². The van der Waals surface area contributed by atoms with Crippen molar-refractivity contribution in [2.45, 2.75) is 18.2 Å². The number of ether oxygens (including phenoxy) is 3. The molecule has 0 spiro atoms. The number of para-hydroxylation sites is 2. The van der Waals surface area contributed by atoms with Gasteiger partial charge >= 0.3 is 0 Å². The highest BCUT2D eigenvalue weighted by Crippen LogP contribution is 2.33. The van der Waals surface area contributed by atoms with E-state index < -0.39 is 6.04 Å². The van der Waals surface area contributed by atoms with Gasteiger partial charge in [-0.05, 0) is 29.8 Å². The predicted octanol–water partition coefficient (Wildman–Crippen LogP) is 1.04. The fourth-order valence-corrected chi connectivity index (χ4v) is 4.36. The molecule has 2 aromatic carbocycles. The van der Waals surface area contributed by atoms with E-state index in [1.165, 1.54) is 0 Å². The molecule has 1 fully saturated rings. The summed E-state index contributed by atoms with van der Waals surface area (Å²) in [4.78, 5) is 16.5. The number of aliphatic hydroxyl groups excluding tert-OH is 1.